The molecule has 0 aliphatic heterocycles. The predicted octanol–water partition coefficient (Wildman–Crippen LogP) is 3.57. The molecule has 0 amide bonds. The fourth-order valence-corrected chi connectivity index (χ4v) is 2.59. The molecule has 1 unspecified atom stereocenters. The first-order valence-electron chi connectivity index (χ1n) is 6.30. The number of nitrogens with one attached hydrogen (secondary N) is 1. The number of halogens is 1. The lowest BCUT2D eigenvalue weighted by molar-refractivity contribution is 0.728. The normalized spacial score (nSPS) is 12.5. The van der Waals surface area contributed by atoms with Crippen molar-refractivity contribution in [3.05, 3.63) is 39.9 Å². The third-order valence-corrected chi connectivity index (χ3v) is 3.63. The number of aromatic nitrogens is 3. The summed E-state index contributed by atoms with van der Waals surface area (Å²) in [5.41, 5.74) is 5.37. The molecule has 2 aromatic heterocycles. The zero-order valence-electron chi connectivity index (χ0n) is 12.0. The van der Waals surface area contributed by atoms with E-state index in [2.05, 4.69) is 29.2 Å². The summed E-state index contributed by atoms with van der Waals surface area (Å²) in [7, 11) is 1.97. The molecule has 0 spiro atoms. The van der Waals surface area contributed by atoms with Crippen LogP contribution in [0.1, 0.15) is 35.6 Å². The number of aryl methyl sites for hydroxylation is 3. The Morgan fingerprint density at radius 1 is 1.21 bits per heavy atom. The smallest absolute Gasteiger partial charge is 0.129 e. The molecule has 102 valence electrons. The Morgan fingerprint density at radius 2 is 1.89 bits per heavy atom. The minimum atomic E-state index is 0.176. The number of pyridine rings is 1. The van der Waals surface area contributed by atoms with Gasteiger partial charge in [-0.2, -0.15) is 5.10 Å². The lowest BCUT2D eigenvalue weighted by atomic mass is 10.1. The Labute approximate surface area is 118 Å². The molecule has 2 aromatic rings. The van der Waals surface area contributed by atoms with Crippen LogP contribution < -0.4 is 5.32 Å². The highest BCUT2D eigenvalue weighted by atomic mass is 35.5. The van der Waals surface area contributed by atoms with Crippen LogP contribution >= 0.6 is 11.6 Å². The van der Waals surface area contributed by atoms with Gasteiger partial charge in [0, 0.05) is 18.3 Å². The summed E-state index contributed by atoms with van der Waals surface area (Å²) < 4.78 is 1.91. The second kappa shape index (κ2) is 5.21. The molecule has 1 atom stereocenters. The summed E-state index contributed by atoms with van der Waals surface area (Å²) in [6.45, 7) is 8.20. The minimum absolute atomic E-state index is 0.176. The predicted molar refractivity (Wildman–Crippen MR) is 78.7 cm³/mol. The third-order valence-electron chi connectivity index (χ3n) is 3.42. The fourth-order valence-electron chi connectivity index (χ4n) is 2.41. The van der Waals surface area contributed by atoms with Gasteiger partial charge in [-0.1, -0.05) is 11.6 Å². The Morgan fingerprint density at radius 3 is 2.42 bits per heavy atom. The molecule has 2 rings (SSSR count). The standard InChI is InChI=1S/C14H19ClN4/c1-8-12(6-7-13(15)17-8)16-9(2)14-10(3)18-19(5)11(14)4/h6-7,9,16H,1-5H3. The zero-order valence-corrected chi connectivity index (χ0v) is 12.7. The van der Waals surface area contributed by atoms with Crippen molar-refractivity contribution in [2.75, 3.05) is 5.32 Å². The average molecular weight is 279 g/mol. The second-order valence-corrected chi connectivity index (χ2v) is 5.23. The van der Waals surface area contributed by atoms with Gasteiger partial charge in [0.05, 0.1) is 23.1 Å². The van der Waals surface area contributed by atoms with E-state index in [1.807, 2.05) is 31.6 Å². The summed E-state index contributed by atoms with van der Waals surface area (Å²) in [5.74, 6) is 0. The van der Waals surface area contributed by atoms with Crippen molar-refractivity contribution in [2.45, 2.75) is 33.7 Å². The van der Waals surface area contributed by atoms with E-state index in [4.69, 9.17) is 11.6 Å². The Bertz CT molecular complexity index is 604. The number of hydrogen-bond acceptors (Lipinski definition) is 3. The van der Waals surface area contributed by atoms with E-state index in [0.29, 0.717) is 5.15 Å². The van der Waals surface area contributed by atoms with Crippen molar-refractivity contribution in [3.63, 3.8) is 0 Å². The molecule has 19 heavy (non-hydrogen) atoms. The van der Waals surface area contributed by atoms with Crippen LogP contribution in [0.4, 0.5) is 5.69 Å². The van der Waals surface area contributed by atoms with Crippen molar-refractivity contribution >= 4 is 17.3 Å². The minimum Gasteiger partial charge on any atom is -0.377 e. The quantitative estimate of drug-likeness (QED) is 0.873. The molecule has 4 nitrogen and oxygen atoms in total. The monoisotopic (exact) mass is 278 g/mol. The van der Waals surface area contributed by atoms with Gasteiger partial charge in [-0.15, -0.1) is 0 Å². The molecule has 0 fully saturated rings. The van der Waals surface area contributed by atoms with E-state index in [1.165, 1.54) is 11.3 Å². The molecule has 0 aliphatic carbocycles. The summed E-state index contributed by atoms with van der Waals surface area (Å²) >= 11 is 5.87. The fraction of sp³-hybridized carbons (Fsp3) is 0.429. The van der Waals surface area contributed by atoms with Gasteiger partial charge in [0.1, 0.15) is 5.15 Å². The zero-order chi connectivity index (χ0) is 14.2. The van der Waals surface area contributed by atoms with E-state index in [9.17, 15) is 0 Å². The van der Waals surface area contributed by atoms with Gasteiger partial charge < -0.3 is 5.32 Å². The number of rotatable bonds is 3. The summed E-state index contributed by atoms with van der Waals surface area (Å²) in [5, 5.41) is 8.44. The molecule has 0 aromatic carbocycles. The lowest BCUT2D eigenvalue weighted by Crippen LogP contribution is -2.10. The van der Waals surface area contributed by atoms with Gasteiger partial charge in [-0.25, -0.2) is 4.98 Å². The van der Waals surface area contributed by atoms with Crippen molar-refractivity contribution in [1.29, 1.82) is 0 Å². The van der Waals surface area contributed by atoms with E-state index in [0.717, 1.165) is 17.1 Å². The Balaban J connectivity index is 2.28. The van der Waals surface area contributed by atoms with E-state index >= 15 is 0 Å². The number of nitrogens with zero attached hydrogens (tertiary/aromatic N) is 3. The maximum absolute atomic E-state index is 5.87. The highest BCUT2D eigenvalue weighted by molar-refractivity contribution is 6.29. The SMILES string of the molecule is Cc1nc(Cl)ccc1NC(C)c1c(C)nn(C)c1C. The van der Waals surface area contributed by atoms with Crippen LogP contribution in [0.3, 0.4) is 0 Å². The summed E-state index contributed by atoms with van der Waals surface area (Å²) in [4.78, 5) is 4.25. The van der Waals surface area contributed by atoms with Gasteiger partial charge >= 0.3 is 0 Å². The van der Waals surface area contributed by atoms with Crippen LogP contribution in [0.5, 0.6) is 0 Å². The van der Waals surface area contributed by atoms with Gasteiger partial charge in [0.2, 0.25) is 0 Å². The topological polar surface area (TPSA) is 42.7 Å². The highest BCUT2D eigenvalue weighted by Gasteiger charge is 2.16. The summed E-state index contributed by atoms with van der Waals surface area (Å²) in [6, 6.07) is 3.93. The van der Waals surface area contributed by atoms with Crippen molar-refractivity contribution in [3.8, 4) is 0 Å². The first-order valence-corrected chi connectivity index (χ1v) is 6.67. The van der Waals surface area contributed by atoms with Crippen LogP contribution in [0.2, 0.25) is 5.15 Å². The van der Waals surface area contributed by atoms with Crippen molar-refractivity contribution in [2.24, 2.45) is 7.05 Å². The number of anilines is 1. The first kappa shape index (κ1) is 13.9. The molecular weight excluding hydrogens is 260 g/mol. The van der Waals surface area contributed by atoms with Gasteiger partial charge in [0.15, 0.2) is 0 Å². The Hall–Kier alpha value is -1.55. The van der Waals surface area contributed by atoms with Gasteiger partial charge in [-0.3, -0.25) is 4.68 Å². The van der Waals surface area contributed by atoms with Gasteiger partial charge in [0.25, 0.3) is 0 Å². The van der Waals surface area contributed by atoms with Crippen LogP contribution in [-0.2, 0) is 7.05 Å². The third kappa shape index (κ3) is 2.73. The molecule has 0 aliphatic rings. The molecule has 0 saturated heterocycles. The molecule has 2 heterocycles. The Kier molecular flexibility index (Phi) is 3.80. The maximum Gasteiger partial charge on any atom is 0.129 e. The van der Waals surface area contributed by atoms with Crippen LogP contribution in [0, 0.1) is 20.8 Å². The molecule has 0 radical (unpaired) electrons. The highest BCUT2D eigenvalue weighted by Crippen LogP contribution is 2.26. The largest absolute Gasteiger partial charge is 0.377 e. The molecule has 0 bridgehead atoms. The molecule has 0 saturated carbocycles. The lowest BCUT2D eigenvalue weighted by Gasteiger charge is -2.17. The average Bonchev–Trinajstić information content (AvgIpc) is 2.57. The van der Waals surface area contributed by atoms with E-state index in [-0.39, 0.29) is 6.04 Å². The van der Waals surface area contributed by atoms with E-state index < -0.39 is 0 Å². The molecular formula is C14H19ClN4. The molecule has 5 heteroatoms. The van der Waals surface area contributed by atoms with Crippen molar-refractivity contribution in [1.82, 2.24) is 14.8 Å². The number of hydrogen-bond donors (Lipinski definition) is 1. The van der Waals surface area contributed by atoms with Crippen LogP contribution in [-0.4, -0.2) is 14.8 Å². The second-order valence-electron chi connectivity index (χ2n) is 4.84. The van der Waals surface area contributed by atoms with Crippen LogP contribution in [0.25, 0.3) is 0 Å². The first-order chi connectivity index (χ1) is 8.90. The molecule has 1 N–H and O–H groups in total. The van der Waals surface area contributed by atoms with Gasteiger partial charge in [-0.05, 0) is 39.8 Å². The van der Waals surface area contributed by atoms with Crippen molar-refractivity contribution < 1.29 is 0 Å². The van der Waals surface area contributed by atoms with E-state index in [1.54, 1.807) is 6.07 Å². The van der Waals surface area contributed by atoms with Crippen LogP contribution in [0.15, 0.2) is 12.1 Å². The maximum atomic E-state index is 5.87. The summed E-state index contributed by atoms with van der Waals surface area (Å²) in [6.07, 6.45) is 0.